The summed E-state index contributed by atoms with van der Waals surface area (Å²) in [5, 5.41) is 22.6. The van der Waals surface area contributed by atoms with Crippen LogP contribution in [0.4, 0.5) is 0 Å². The molecule has 1 saturated heterocycles. The minimum absolute atomic E-state index is 0.0389. The summed E-state index contributed by atoms with van der Waals surface area (Å²) in [6.45, 7) is 0. The highest BCUT2D eigenvalue weighted by Crippen LogP contribution is 2.44. The number of carbonyl (C=O) groups is 3. The van der Waals surface area contributed by atoms with Crippen LogP contribution in [0.1, 0.15) is 0 Å². The molecule has 1 fully saturated rings. The monoisotopic (exact) mass is 430 g/mol. The van der Waals surface area contributed by atoms with E-state index in [0.29, 0.717) is 20.9 Å². The zero-order chi connectivity index (χ0) is 19.4. The molecule has 1 aromatic rings. The number of aromatic amines is 1. The number of hydrogen-bond donors (Lipinski definition) is 3. The average Bonchev–Trinajstić information content (AvgIpc) is 3.17. The number of carboxylic acids is 1. The Morgan fingerprint density at radius 1 is 1.59 bits per heavy atom. The van der Waals surface area contributed by atoms with Crippen molar-refractivity contribution in [2.45, 2.75) is 16.6 Å². The third-order valence-corrected chi connectivity index (χ3v) is 7.09. The van der Waals surface area contributed by atoms with Crippen molar-refractivity contribution in [1.82, 2.24) is 25.4 Å². The van der Waals surface area contributed by atoms with Gasteiger partial charge >= 0.3 is 5.97 Å². The molecule has 0 aliphatic carbocycles. The molecule has 0 bridgehead atoms. The molecule has 2 amide bonds. The number of fused-ring (bicyclic) bond motifs is 1. The van der Waals surface area contributed by atoms with Crippen LogP contribution in [0.2, 0.25) is 0 Å². The topological polar surface area (TPSA) is 150 Å². The molecule has 2 atom stereocenters. The Kier molecular flexibility index (Phi) is 6.28. The van der Waals surface area contributed by atoms with E-state index in [9.17, 15) is 19.5 Å². The highest BCUT2D eigenvalue weighted by molar-refractivity contribution is 8.18. The van der Waals surface area contributed by atoms with Crippen LogP contribution < -0.4 is 5.32 Å². The van der Waals surface area contributed by atoms with Gasteiger partial charge < -0.3 is 15.3 Å². The van der Waals surface area contributed by atoms with Crippen LogP contribution in [-0.2, 0) is 19.2 Å². The van der Waals surface area contributed by atoms with E-state index in [1.807, 2.05) is 0 Å². The van der Waals surface area contributed by atoms with Crippen LogP contribution >= 0.6 is 35.3 Å². The molecular formula is C13H14N6O5S3. The third kappa shape index (κ3) is 4.22. The molecule has 14 heteroatoms. The molecule has 11 nitrogen and oxygen atoms in total. The number of thioether (sulfide) groups is 3. The fourth-order valence-electron chi connectivity index (χ4n) is 2.41. The lowest BCUT2D eigenvalue weighted by Crippen LogP contribution is -2.70. The summed E-state index contributed by atoms with van der Waals surface area (Å²) in [6.07, 6.45) is 2.31. The highest BCUT2D eigenvalue weighted by atomic mass is 32.2. The van der Waals surface area contributed by atoms with Crippen molar-refractivity contribution >= 4 is 59.3 Å². The van der Waals surface area contributed by atoms with Crippen LogP contribution in [0.15, 0.2) is 27.2 Å². The standard InChI is InChI=1S/C13H14N6O5S3/c1-24-16-2-7(20)17-8-10(21)19-9(12(22)23)6(3-25-11(8)19)26-5-27-13-14-4-15-18-13/h2,4,8,11H,3,5H2,1H3,(H,17,20)(H,22,23)(H,14,15,18)/t8?,11-/m0/s1. The van der Waals surface area contributed by atoms with E-state index in [2.05, 4.69) is 30.5 Å². The van der Waals surface area contributed by atoms with Gasteiger partial charge in [0, 0.05) is 10.7 Å². The number of carboxylic acid groups (broad SMARTS) is 1. The Balaban J connectivity index is 1.66. The zero-order valence-corrected chi connectivity index (χ0v) is 16.3. The number of aromatic nitrogens is 3. The molecule has 0 saturated carbocycles. The van der Waals surface area contributed by atoms with Crippen molar-refractivity contribution < 1.29 is 24.3 Å². The van der Waals surface area contributed by atoms with Crippen molar-refractivity contribution in [2.75, 3.05) is 17.9 Å². The number of nitrogens with zero attached hydrogens (tertiary/aromatic N) is 4. The van der Waals surface area contributed by atoms with Gasteiger partial charge in [-0.25, -0.2) is 9.78 Å². The first-order valence-electron chi connectivity index (χ1n) is 7.42. The number of aliphatic carboxylic acids is 1. The minimum Gasteiger partial charge on any atom is -0.477 e. The minimum atomic E-state index is -1.17. The molecule has 144 valence electrons. The first kappa shape index (κ1) is 19.6. The van der Waals surface area contributed by atoms with Crippen LogP contribution in [0.5, 0.6) is 0 Å². The van der Waals surface area contributed by atoms with Crippen molar-refractivity contribution in [1.29, 1.82) is 0 Å². The smallest absolute Gasteiger partial charge is 0.353 e. The van der Waals surface area contributed by atoms with Gasteiger partial charge in [-0.1, -0.05) is 16.9 Å². The van der Waals surface area contributed by atoms with E-state index >= 15 is 0 Å². The van der Waals surface area contributed by atoms with Gasteiger partial charge in [-0.15, -0.1) is 23.5 Å². The maximum absolute atomic E-state index is 12.4. The molecular weight excluding hydrogens is 416 g/mol. The molecule has 2 aliphatic heterocycles. The van der Waals surface area contributed by atoms with Gasteiger partial charge in [0.05, 0.1) is 5.08 Å². The Hall–Kier alpha value is -2.19. The summed E-state index contributed by atoms with van der Waals surface area (Å²) in [4.78, 5) is 46.0. The molecule has 3 heterocycles. The van der Waals surface area contributed by atoms with E-state index in [0.717, 1.165) is 6.21 Å². The Morgan fingerprint density at radius 2 is 2.41 bits per heavy atom. The van der Waals surface area contributed by atoms with Gasteiger partial charge in [0.1, 0.15) is 36.8 Å². The average molecular weight is 430 g/mol. The summed E-state index contributed by atoms with van der Waals surface area (Å²) in [5.74, 6) is -1.80. The molecule has 0 radical (unpaired) electrons. The quantitative estimate of drug-likeness (QED) is 0.168. The molecule has 1 unspecified atom stereocenters. The number of amides is 2. The normalized spacial score (nSPS) is 21.8. The largest absolute Gasteiger partial charge is 0.477 e. The summed E-state index contributed by atoms with van der Waals surface area (Å²) in [5.41, 5.74) is -0.0389. The second-order valence-corrected chi connectivity index (χ2v) is 8.59. The Morgan fingerprint density at radius 3 is 3.07 bits per heavy atom. The van der Waals surface area contributed by atoms with E-state index in [1.165, 1.54) is 53.6 Å². The molecule has 2 aliphatic rings. The molecule has 27 heavy (non-hydrogen) atoms. The fourth-order valence-corrected chi connectivity index (χ4v) is 5.96. The fraction of sp³-hybridized carbons (Fsp3) is 0.385. The van der Waals surface area contributed by atoms with E-state index in [1.54, 1.807) is 0 Å². The molecule has 0 spiro atoms. The van der Waals surface area contributed by atoms with Gasteiger partial charge in [0.25, 0.3) is 11.8 Å². The summed E-state index contributed by atoms with van der Waals surface area (Å²) in [7, 11) is 1.29. The zero-order valence-electron chi connectivity index (χ0n) is 13.8. The summed E-state index contributed by atoms with van der Waals surface area (Å²) >= 11 is 4.11. The van der Waals surface area contributed by atoms with Gasteiger partial charge in [-0.2, -0.15) is 5.10 Å². The lowest BCUT2D eigenvalue weighted by atomic mass is 10.1. The lowest BCUT2D eigenvalue weighted by Gasteiger charge is -2.49. The van der Waals surface area contributed by atoms with Crippen molar-refractivity contribution in [3.05, 3.63) is 16.9 Å². The lowest BCUT2D eigenvalue weighted by molar-refractivity contribution is -0.150. The SMILES string of the molecule is CON=CC(=O)NC1C(=O)N2C(C(=O)O)=C(SCSc3ncn[nH]3)CS[C@@H]12. The van der Waals surface area contributed by atoms with Crippen molar-refractivity contribution in [3.8, 4) is 0 Å². The third-order valence-electron chi connectivity index (χ3n) is 3.53. The first-order chi connectivity index (χ1) is 13.0. The molecule has 1 aromatic heterocycles. The van der Waals surface area contributed by atoms with Gasteiger partial charge in [0.15, 0.2) is 5.16 Å². The number of nitrogens with one attached hydrogen (secondary N) is 2. The Bertz CT molecular complexity index is 798. The second-order valence-electron chi connectivity index (χ2n) is 5.09. The molecule has 3 N–H and O–H groups in total. The van der Waals surface area contributed by atoms with Crippen LogP contribution in [0.25, 0.3) is 0 Å². The maximum atomic E-state index is 12.4. The Labute approximate surface area is 165 Å². The molecule has 0 aromatic carbocycles. The number of β-lactam (4-membered cyclic amide) rings is 1. The molecule has 3 rings (SSSR count). The van der Waals surface area contributed by atoms with Gasteiger partial charge in [-0.05, 0) is 0 Å². The van der Waals surface area contributed by atoms with Gasteiger partial charge in [-0.3, -0.25) is 19.6 Å². The number of H-pyrrole nitrogens is 1. The van der Waals surface area contributed by atoms with E-state index in [-0.39, 0.29) is 5.70 Å². The first-order valence-corrected chi connectivity index (χ1v) is 10.4. The van der Waals surface area contributed by atoms with Crippen molar-refractivity contribution in [2.24, 2.45) is 5.16 Å². The maximum Gasteiger partial charge on any atom is 0.353 e. The number of carbonyl (C=O) groups excluding carboxylic acids is 2. The van der Waals surface area contributed by atoms with E-state index in [4.69, 9.17) is 0 Å². The van der Waals surface area contributed by atoms with Gasteiger partial charge in [0.2, 0.25) is 0 Å². The van der Waals surface area contributed by atoms with E-state index < -0.39 is 29.2 Å². The highest BCUT2D eigenvalue weighted by Gasteiger charge is 2.54. The predicted octanol–water partition coefficient (Wildman–Crippen LogP) is -0.0842. The van der Waals surface area contributed by atoms with Crippen molar-refractivity contribution in [3.63, 3.8) is 0 Å². The number of rotatable bonds is 8. The summed E-state index contributed by atoms with van der Waals surface area (Å²) in [6, 6.07) is -0.796. The van der Waals surface area contributed by atoms with Crippen LogP contribution in [0, 0.1) is 0 Å². The summed E-state index contributed by atoms with van der Waals surface area (Å²) < 4.78 is 0. The van der Waals surface area contributed by atoms with Crippen LogP contribution in [-0.4, -0.2) is 78.5 Å². The number of oxime groups is 1. The number of hydrogen-bond acceptors (Lipinski definition) is 10. The second kappa shape index (κ2) is 8.67. The predicted molar refractivity (Wildman–Crippen MR) is 99.9 cm³/mol. The van der Waals surface area contributed by atoms with Crippen LogP contribution in [0.3, 0.4) is 0 Å².